The van der Waals surface area contributed by atoms with Crippen LogP contribution in [-0.2, 0) is 4.79 Å². The van der Waals surface area contributed by atoms with Gasteiger partial charge in [-0.2, -0.15) is 4.68 Å². The van der Waals surface area contributed by atoms with Gasteiger partial charge in [0.1, 0.15) is 11.4 Å². The molecule has 1 aromatic carbocycles. The maximum absolute atomic E-state index is 12.6. The van der Waals surface area contributed by atoms with Gasteiger partial charge in [0, 0.05) is 5.69 Å². The zero-order valence-electron chi connectivity index (χ0n) is 14.4. The third-order valence-electron chi connectivity index (χ3n) is 4.49. The van der Waals surface area contributed by atoms with Crippen LogP contribution in [0.3, 0.4) is 0 Å². The second-order valence-electron chi connectivity index (χ2n) is 6.20. The molecule has 0 bridgehead atoms. The minimum absolute atomic E-state index is 0. The zero-order valence-corrected chi connectivity index (χ0v) is 15.2. The molecule has 1 fully saturated rings. The van der Waals surface area contributed by atoms with E-state index in [1.807, 2.05) is 0 Å². The van der Waals surface area contributed by atoms with Gasteiger partial charge in [-0.3, -0.25) is 4.79 Å². The fourth-order valence-electron chi connectivity index (χ4n) is 3.05. The van der Waals surface area contributed by atoms with Gasteiger partial charge in [-0.05, 0) is 48.4 Å². The Morgan fingerprint density at radius 2 is 2.04 bits per heavy atom. The summed E-state index contributed by atoms with van der Waals surface area (Å²) in [7, 11) is 1.58. The topological polar surface area (TPSA) is 108 Å². The van der Waals surface area contributed by atoms with Crippen LogP contribution in [0, 0.1) is 6.92 Å². The van der Waals surface area contributed by atoms with Gasteiger partial charge in [0.15, 0.2) is 5.82 Å². The van der Waals surface area contributed by atoms with Crippen LogP contribution < -0.4 is 15.8 Å². The molecule has 3 rings (SSSR count). The third kappa shape index (κ3) is 3.91. The van der Waals surface area contributed by atoms with Crippen LogP contribution in [0.2, 0.25) is 0 Å². The summed E-state index contributed by atoms with van der Waals surface area (Å²) in [5.74, 6) is 1.09. The molecule has 1 aliphatic rings. The number of carbonyl (C=O) groups is 1. The first-order valence-electron chi connectivity index (χ1n) is 8.07. The molecule has 2 aromatic rings. The molecule has 0 spiro atoms. The van der Waals surface area contributed by atoms with Gasteiger partial charge in [-0.1, -0.05) is 19.3 Å². The number of nitrogens with two attached hydrogens (primary N) is 1. The lowest BCUT2D eigenvalue weighted by Crippen LogP contribution is -2.52. The van der Waals surface area contributed by atoms with Crippen LogP contribution in [0.1, 0.15) is 37.9 Å². The summed E-state index contributed by atoms with van der Waals surface area (Å²) < 4.78 is 6.93. The Bertz CT molecular complexity index is 742. The molecule has 0 unspecified atom stereocenters. The normalized spacial score (nSPS) is 16.0. The van der Waals surface area contributed by atoms with E-state index >= 15 is 0 Å². The van der Waals surface area contributed by atoms with Crippen LogP contribution in [0.5, 0.6) is 5.75 Å². The second kappa shape index (κ2) is 7.79. The standard InChI is InChI=1S/C16H22N6O2.ClH/c1-11-19-20-21-22(11)13-10-12(6-7-14(13)24-2)18-15(23)16(17)8-4-3-5-9-16;/h6-7,10H,3-5,8-9,17H2,1-2H3,(H,18,23);1H. The van der Waals surface area contributed by atoms with Crippen LogP contribution in [0.4, 0.5) is 5.69 Å². The van der Waals surface area contributed by atoms with E-state index in [1.54, 1.807) is 36.9 Å². The SMILES string of the molecule is COc1ccc(NC(=O)C2(N)CCCCC2)cc1-n1nnnc1C.Cl. The molecule has 25 heavy (non-hydrogen) atoms. The molecule has 3 N–H and O–H groups in total. The van der Waals surface area contributed by atoms with Crippen molar-refractivity contribution in [3.63, 3.8) is 0 Å². The van der Waals surface area contributed by atoms with Gasteiger partial charge >= 0.3 is 0 Å². The molecule has 136 valence electrons. The lowest BCUT2D eigenvalue weighted by molar-refractivity contribution is -0.122. The second-order valence-corrected chi connectivity index (χ2v) is 6.20. The summed E-state index contributed by atoms with van der Waals surface area (Å²) in [4.78, 5) is 12.6. The molecule has 1 amide bonds. The van der Waals surface area contributed by atoms with Gasteiger partial charge in [-0.25, -0.2) is 0 Å². The van der Waals surface area contributed by atoms with Crippen molar-refractivity contribution in [2.75, 3.05) is 12.4 Å². The largest absolute Gasteiger partial charge is 0.494 e. The fraction of sp³-hybridized carbons (Fsp3) is 0.500. The highest BCUT2D eigenvalue weighted by molar-refractivity contribution is 5.98. The van der Waals surface area contributed by atoms with Crippen molar-refractivity contribution in [1.29, 1.82) is 0 Å². The number of hydrogen-bond acceptors (Lipinski definition) is 6. The number of rotatable bonds is 4. The molecule has 0 atom stereocenters. The van der Waals surface area contributed by atoms with Crippen molar-refractivity contribution in [2.24, 2.45) is 5.73 Å². The maximum Gasteiger partial charge on any atom is 0.244 e. The number of tetrazole rings is 1. The van der Waals surface area contributed by atoms with E-state index in [2.05, 4.69) is 20.8 Å². The first-order valence-corrected chi connectivity index (χ1v) is 8.07. The average Bonchev–Trinajstić information content (AvgIpc) is 3.01. The molecule has 0 saturated heterocycles. The highest BCUT2D eigenvalue weighted by Crippen LogP contribution is 2.29. The van der Waals surface area contributed by atoms with Crippen molar-refractivity contribution in [3.05, 3.63) is 24.0 Å². The van der Waals surface area contributed by atoms with Crippen LogP contribution in [0.25, 0.3) is 5.69 Å². The summed E-state index contributed by atoms with van der Waals surface area (Å²) in [5, 5.41) is 14.4. The average molecular weight is 367 g/mol. The Hall–Kier alpha value is -2.19. The zero-order chi connectivity index (χ0) is 17.2. The predicted octanol–water partition coefficient (Wildman–Crippen LogP) is 2.00. The molecule has 0 radical (unpaired) electrons. The van der Waals surface area contributed by atoms with Crippen molar-refractivity contribution < 1.29 is 9.53 Å². The number of aryl methyl sites for hydroxylation is 1. The number of benzene rings is 1. The minimum Gasteiger partial charge on any atom is -0.494 e. The highest BCUT2D eigenvalue weighted by Gasteiger charge is 2.35. The number of amides is 1. The van der Waals surface area contributed by atoms with E-state index in [9.17, 15) is 4.79 Å². The quantitative estimate of drug-likeness (QED) is 0.856. The molecule has 0 aliphatic heterocycles. The van der Waals surface area contributed by atoms with Crippen LogP contribution in [-0.4, -0.2) is 38.8 Å². The van der Waals surface area contributed by atoms with E-state index in [0.29, 0.717) is 35.8 Å². The van der Waals surface area contributed by atoms with Gasteiger partial charge in [-0.15, -0.1) is 17.5 Å². The fourth-order valence-corrected chi connectivity index (χ4v) is 3.05. The summed E-state index contributed by atoms with van der Waals surface area (Å²) in [5.41, 5.74) is 6.80. The van der Waals surface area contributed by atoms with Crippen molar-refractivity contribution in [3.8, 4) is 11.4 Å². The van der Waals surface area contributed by atoms with Crippen molar-refractivity contribution in [2.45, 2.75) is 44.6 Å². The molecule has 8 nitrogen and oxygen atoms in total. The molecular formula is C16H23ClN6O2. The van der Waals surface area contributed by atoms with Crippen molar-refractivity contribution in [1.82, 2.24) is 20.2 Å². The summed E-state index contributed by atoms with van der Waals surface area (Å²) in [6, 6.07) is 5.34. The molecular weight excluding hydrogens is 344 g/mol. The minimum atomic E-state index is -0.789. The number of methoxy groups -OCH3 is 1. The Morgan fingerprint density at radius 1 is 1.32 bits per heavy atom. The number of halogens is 1. The molecule has 1 aliphatic carbocycles. The lowest BCUT2D eigenvalue weighted by atomic mass is 9.82. The Balaban J connectivity index is 0.00000225. The van der Waals surface area contributed by atoms with Gasteiger partial charge < -0.3 is 15.8 Å². The molecule has 1 saturated carbocycles. The van der Waals surface area contributed by atoms with Gasteiger partial charge in [0.2, 0.25) is 5.91 Å². The number of nitrogens with zero attached hydrogens (tertiary/aromatic N) is 4. The molecule has 1 heterocycles. The Kier molecular flexibility index (Phi) is 5.97. The Labute approximate surface area is 152 Å². The number of hydrogen-bond donors (Lipinski definition) is 2. The van der Waals surface area contributed by atoms with E-state index in [4.69, 9.17) is 10.5 Å². The van der Waals surface area contributed by atoms with E-state index in [0.717, 1.165) is 19.3 Å². The number of anilines is 1. The molecule has 9 heteroatoms. The summed E-state index contributed by atoms with van der Waals surface area (Å²) in [6.07, 6.45) is 4.54. The summed E-state index contributed by atoms with van der Waals surface area (Å²) in [6.45, 7) is 1.79. The first kappa shape index (κ1) is 19.1. The Morgan fingerprint density at radius 3 is 2.64 bits per heavy atom. The molecule has 1 aromatic heterocycles. The van der Waals surface area contributed by atoms with E-state index in [1.165, 1.54) is 0 Å². The van der Waals surface area contributed by atoms with Gasteiger partial charge in [0.25, 0.3) is 0 Å². The number of nitrogens with one attached hydrogen (secondary N) is 1. The maximum atomic E-state index is 12.6. The third-order valence-corrected chi connectivity index (χ3v) is 4.49. The first-order chi connectivity index (χ1) is 11.5. The van der Waals surface area contributed by atoms with E-state index in [-0.39, 0.29) is 18.3 Å². The highest BCUT2D eigenvalue weighted by atomic mass is 35.5. The van der Waals surface area contributed by atoms with Gasteiger partial charge in [0.05, 0.1) is 12.6 Å². The lowest BCUT2D eigenvalue weighted by Gasteiger charge is -2.31. The van der Waals surface area contributed by atoms with Crippen molar-refractivity contribution >= 4 is 24.0 Å². The number of ether oxygens (including phenoxy) is 1. The van der Waals surface area contributed by atoms with Crippen LogP contribution in [0.15, 0.2) is 18.2 Å². The number of carbonyl (C=O) groups excluding carboxylic acids is 1. The van der Waals surface area contributed by atoms with E-state index < -0.39 is 5.54 Å². The van der Waals surface area contributed by atoms with Crippen LogP contribution >= 0.6 is 12.4 Å². The predicted molar refractivity (Wildman–Crippen MR) is 96.3 cm³/mol. The number of aromatic nitrogens is 4. The smallest absolute Gasteiger partial charge is 0.244 e. The monoisotopic (exact) mass is 366 g/mol. The summed E-state index contributed by atoms with van der Waals surface area (Å²) >= 11 is 0.